The molecule has 35 heavy (non-hydrogen) atoms. The molecule has 2 N–H and O–H groups in total. The SMILES string of the molecule is Cc1nc(-c2nnn(C)c2CNC(=O)OCc2ccccc2)ccc1O[C@H]1CCCC(C(=O)O)C1. The Labute approximate surface area is 203 Å². The van der Waals surface area contributed by atoms with E-state index in [9.17, 15) is 14.7 Å². The van der Waals surface area contributed by atoms with E-state index in [0.717, 1.165) is 18.4 Å². The Kier molecular flexibility index (Phi) is 7.59. The number of amides is 1. The van der Waals surface area contributed by atoms with E-state index in [1.807, 2.05) is 43.3 Å². The van der Waals surface area contributed by atoms with Crippen molar-refractivity contribution < 1.29 is 24.2 Å². The molecule has 184 valence electrons. The van der Waals surface area contributed by atoms with Gasteiger partial charge in [-0.3, -0.25) is 4.79 Å². The lowest BCUT2D eigenvalue weighted by atomic mass is 9.87. The number of hydrogen-bond acceptors (Lipinski definition) is 7. The lowest BCUT2D eigenvalue weighted by Gasteiger charge is -2.27. The maximum atomic E-state index is 12.2. The molecule has 0 aliphatic heterocycles. The van der Waals surface area contributed by atoms with E-state index >= 15 is 0 Å². The van der Waals surface area contributed by atoms with Crippen LogP contribution in [-0.2, 0) is 29.7 Å². The second kappa shape index (κ2) is 11.0. The number of carboxylic acid groups (broad SMARTS) is 1. The molecule has 1 unspecified atom stereocenters. The Morgan fingerprint density at radius 1 is 1.17 bits per heavy atom. The van der Waals surface area contributed by atoms with E-state index in [-0.39, 0.29) is 25.2 Å². The molecule has 0 saturated heterocycles. The Morgan fingerprint density at radius 2 is 1.97 bits per heavy atom. The van der Waals surface area contributed by atoms with Crippen molar-refractivity contribution in [3.8, 4) is 17.1 Å². The number of alkyl carbamates (subject to hydrolysis) is 1. The molecule has 1 amide bonds. The highest BCUT2D eigenvalue weighted by Gasteiger charge is 2.28. The van der Waals surface area contributed by atoms with Gasteiger partial charge in [0.15, 0.2) is 0 Å². The lowest BCUT2D eigenvalue weighted by Crippen LogP contribution is -2.29. The van der Waals surface area contributed by atoms with Crippen molar-refractivity contribution in [1.29, 1.82) is 0 Å². The summed E-state index contributed by atoms with van der Waals surface area (Å²) in [5.41, 5.74) is 3.41. The van der Waals surface area contributed by atoms with Crippen molar-refractivity contribution in [3.63, 3.8) is 0 Å². The summed E-state index contributed by atoms with van der Waals surface area (Å²) in [6.45, 7) is 2.19. The second-order valence-electron chi connectivity index (χ2n) is 8.65. The molecule has 10 heteroatoms. The van der Waals surface area contributed by atoms with E-state index in [1.54, 1.807) is 17.8 Å². The van der Waals surface area contributed by atoms with E-state index in [1.165, 1.54) is 0 Å². The van der Waals surface area contributed by atoms with Crippen LogP contribution in [0.15, 0.2) is 42.5 Å². The monoisotopic (exact) mass is 479 g/mol. The van der Waals surface area contributed by atoms with Gasteiger partial charge in [-0.15, -0.1) is 5.10 Å². The summed E-state index contributed by atoms with van der Waals surface area (Å²) in [4.78, 5) is 28.1. The van der Waals surface area contributed by atoms with Gasteiger partial charge in [-0.25, -0.2) is 14.5 Å². The van der Waals surface area contributed by atoms with Crippen LogP contribution in [0.25, 0.3) is 11.4 Å². The van der Waals surface area contributed by atoms with Gasteiger partial charge in [0.05, 0.1) is 35.6 Å². The summed E-state index contributed by atoms with van der Waals surface area (Å²) in [6.07, 6.45) is 2.16. The highest BCUT2D eigenvalue weighted by Crippen LogP contribution is 2.30. The normalized spacial score (nSPS) is 17.5. The Hall–Kier alpha value is -3.95. The first-order chi connectivity index (χ1) is 16.9. The van der Waals surface area contributed by atoms with Crippen LogP contribution < -0.4 is 10.1 Å². The van der Waals surface area contributed by atoms with E-state index < -0.39 is 12.1 Å². The van der Waals surface area contributed by atoms with Gasteiger partial charge in [-0.1, -0.05) is 35.5 Å². The van der Waals surface area contributed by atoms with Crippen LogP contribution in [0.1, 0.15) is 42.6 Å². The molecule has 1 fully saturated rings. The number of benzene rings is 1. The van der Waals surface area contributed by atoms with Crippen molar-refractivity contribution in [2.45, 2.75) is 51.9 Å². The smallest absolute Gasteiger partial charge is 0.407 e. The van der Waals surface area contributed by atoms with Gasteiger partial charge in [0.1, 0.15) is 18.1 Å². The van der Waals surface area contributed by atoms with Crippen molar-refractivity contribution in [2.75, 3.05) is 0 Å². The van der Waals surface area contributed by atoms with Crippen LogP contribution in [-0.4, -0.2) is 43.3 Å². The zero-order valence-corrected chi connectivity index (χ0v) is 19.8. The minimum Gasteiger partial charge on any atom is -0.489 e. The molecule has 0 radical (unpaired) electrons. The fourth-order valence-electron chi connectivity index (χ4n) is 4.16. The molecule has 2 atom stereocenters. The van der Waals surface area contributed by atoms with Gasteiger partial charge in [-0.2, -0.15) is 0 Å². The maximum Gasteiger partial charge on any atom is 0.407 e. The molecule has 3 aromatic rings. The van der Waals surface area contributed by atoms with Crippen LogP contribution >= 0.6 is 0 Å². The largest absolute Gasteiger partial charge is 0.489 e. The number of rotatable bonds is 8. The number of ether oxygens (including phenoxy) is 2. The molecular formula is C25H29N5O5. The topological polar surface area (TPSA) is 128 Å². The number of nitrogens with one attached hydrogen (secondary N) is 1. The minimum absolute atomic E-state index is 0.144. The number of aromatic nitrogens is 4. The summed E-state index contributed by atoms with van der Waals surface area (Å²) in [6, 6.07) is 13.1. The fraction of sp³-hybridized carbons (Fsp3) is 0.400. The predicted molar refractivity (Wildman–Crippen MR) is 126 cm³/mol. The zero-order chi connectivity index (χ0) is 24.8. The average molecular weight is 480 g/mol. The molecule has 2 aromatic heterocycles. The first-order valence-electron chi connectivity index (χ1n) is 11.6. The number of carboxylic acids is 1. The molecule has 0 spiro atoms. The highest BCUT2D eigenvalue weighted by atomic mass is 16.5. The standard InChI is InChI=1S/C25H29N5O5/c1-16-22(35-19-10-6-9-18(13-19)24(31)32)12-11-20(27-16)23-21(30(2)29-28-23)14-26-25(33)34-15-17-7-4-3-5-8-17/h3-5,7-8,11-12,18-19H,6,9-10,13-15H2,1-2H3,(H,26,33)(H,31,32)/t18?,19-/m0/s1. The summed E-state index contributed by atoms with van der Waals surface area (Å²) >= 11 is 0. The third kappa shape index (κ3) is 6.14. The van der Waals surface area contributed by atoms with Gasteiger partial charge in [0.25, 0.3) is 0 Å². The molecule has 1 aliphatic rings. The summed E-state index contributed by atoms with van der Waals surface area (Å²) in [5.74, 6) is -0.510. The number of carbonyl (C=O) groups excluding carboxylic acids is 1. The molecule has 0 bridgehead atoms. The predicted octanol–water partition coefficient (Wildman–Crippen LogP) is 3.63. The van der Waals surface area contributed by atoms with Gasteiger partial charge in [0, 0.05) is 7.05 Å². The van der Waals surface area contributed by atoms with Crippen LogP contribution in [0.3, 0.4) is 0 Å². The number of pyridine rings is 1. The molecule has 4 rings (SSSR count). The molecule has 1 aliphatic carbocycles. The molecule has 1 saturated carbocycles. The first-order valence-corrected chi connectivity index (χ1v) is 11.6. The van der Waals surface area contributed by atoms with Gasteiger partial charge in [-0.05, 0) is 50.3 Å². The summed E-state index contributed by atoms with van der Waals surface area (Å²) < 4.78 is 13.0. The van der Waals surface area contributed by atoms with Gasteiger partial charge >= 0.3 is 12.1 Å². The van der Waals surface area contributed by atoms with Crippen LogP contribution in [0.5, 0.6) is 5.75 Å². The average Bonchev–Trinajstić information content (AvgIpc) is 3.23. The number of nitrogens with zero attached hydrogens (tertiary/aromatic N) is 4. The van der Waals surface area contributed by atoms with Crippen LogP contribution in [0.2, 0.25) is 0 Å². The zero-order valence-electron chi connectivity index (χ0n) is 19.8. The first kappa shape index (κ1) is 24.2. The molecule has 1 aromatic carbocycles. The number of aliphatic carboxylic acids is 1. The van der Waals surface area contributed by atoms with Crippen LogP contribution in [0, 0.1) is 12.8 Å². The minimum atomic E-state index is -0.767. The quantitative estimate of drug-likeness (QED) is 0.501. The highest BCUT2D eigenvalue weighted by molar-refractivity contribution is 5.70. The van der Waals surface area contributed by atoms with Crippen molar-refractivity contribution >= 4 is 12.1 Å². The van der Waals surface area contributed by atoms with Gasteiger partial charge in [0.2, 0.25) is 0 Å². The van der Waals surface area contributed by atoms with Crippen LogP contribution in [0.4, 0.5) is 4.79 Å². The van der Waals surface area contributed by atoms with E-state index in [2.05, 4.69) is 20.6 Å². The third-order valence-corrected chi connectivity index (χ3v) is 6.10. The number of carbonyl (C=O) groups is 2. The molecule has 2 heterocycles. The maximum absolute atomic E-state index is 12.2. The summed E-state index contributed by atoms with van der Waals surface area (Å²) in [5, 5.41) is 20.4. The Bertz CT molecular complexity index is 1180. The van der Waals surface area contributed by atoms with Crippen molar-refractivity contribution in [3.05, 3.63) is 59.4 Å². The molecular weight excluding hydrogens is 450 g/mol. The van der Waals surface area contributed by atoms with E-state index in [4.69, 9.17) is 9.47 Å². The Balaban J connectivity index is 1.39. The van der Waals surface area contributed by atoms with Crippen molar-refractivity contribution in [2.24, 2.45) is 13.0 Å². The van der Waals surface area contributed by atoms with Crippen molar-refractivity contribution in [1.82, 2.24) is 25.3 Å². The third-order valence-electron chi connectivity index (χ3n) is 6.10. The van der Waals surface area contributed by atoms with Gasteiger partial charge < -0.3 is 19.9 Å². The summed E-state index contributed by atoms with van der Waals surface area (Å²) in [7, 11) is 1.75. The fourth-order valence-corrected chi connectivity index (χ4v) is 4.16. The lowest BCUT2D eigenvalue weighted by molar-refractivity contribution is -0.143. The second-order valence-corrected chi connectivity index (χ2v) is 8.65. The Morgan fingerprint density at radius 3 is 2.71 bits per heavy atom. The number of aryl methyl sites for hydroxylation is 2. The number of hydrogen-bond donors (Lipinski definition) is 2. The molecule has 10 nitrogen and oxygen atoms in total. The van der Waals surface area contributed by atoms with E-state index in [0.29, 0.717) is 41.4 Å².